The van der Waals surface area contributed by atoms with Gasteiger partial charge in [0.1, 0.15) is 0 Å². The highest BCUT2D eigenvalue weighted by molar-refractivity contribution is 7.98. The second-order valence-electron chi connectivity index (χ2n) is 5.46. The number of likely N-dealkylation sites (N-methyl/N-ethyl adjacent to an activating group) is 1. The van der Waals surface area contributed by atoms with E-state index in [0.29, 0.717) is 6.04 Å². The Hall–Kier alpha value is -1.25. The maximum absolute atomic E-state index is 3.63. The lowest BCUT2D eigenvalue weighted by Gasteiger charge is -2.21. The summed E-state index contributed by atoms with van der Waals surface area (Å²) in [6.45, 7) is 7.58. The minimum Gasteiger partial charge on any atom is -0.310 e. The molecule has 0 spiro atoms. The van der Waals surface area contributed by atoms with Crippen LogP contribution in [0.25, 0.3) is 0 Å². The first kappa shape index (κ1) is 16.1. The van der Waals surface area contributed by atoms with Gasteiger partial charge in [0.15, 0.2) is 0 Å². The SMILES string of the molecule is CCNC(Cc1c(C)cccc1C)c1ccc(SC)cc1. The van der Waals surface area contributed by atoms with Crippen LogP contribution in [0, 0.1) is 13.8 Å². The molecule has 1 nitrogen and oxygen atoms in total. The third-order valence-electron chi connectivity index (χ3n) is 4.02. The van der Waals surface area contributed by atoms with Crippen LogP contribution >= 0.6 is 11.8 Å². The van der Waals surface area contributed by atoms with Gasteiger partial charge in [0, 0.05) is 10.9 Å². The van der Waals surface area contributed by atoms with Crippen molar-refractivity contribution in [1.29, 1.82) is 0 Å². The Kier molecular flexibility index (Phi) is 5.89. The summed E-state index contributed by atoms with van der Waals surface area (Å²) in [5.74, 6) is 0. The molecule has 112 valence electrons. The third kappa shape index (κ3) is 4.12. The van der Waals surface area contributed by atoms with Crippen LogP contribution in [-0.4, -0.2) is 12.8 Å². The highest BCUT2D eigenvalue weighted by atomic mass is 32.2. The summed E-state index contributed by atoms with van der Waals surface area (Å²) in [7, 11) is 0. The summed E-state index contributed by atoms with van der Waals surface area (Å²) in [6.07, 6.45) is 3.17. The minimum absolute atomic E-state index is 0.380. The van der Waals surface area contributed by atoms with Gasteiger partial charge >= 0.3 is 0 Å². The molecule has 0 radical (unpaired) electrons. The number of hydrogen-bond acceptors (Lipinski definition) is 2. The van der Waals surface area contributed by atoms with Crippen LogP contribution in [0.4, 0.5) is 0 Å². The van der Waals surface area contributed by atoms with Gasteiger partial charge in [-0.3, -0.25) is 0 Å². The van der Waals surface area contributed by atoms with E-state index in [2.05, 4.69) is 74.8 Å². The van der Waals surface area contributed by atoms with E-state index < -0.39 is 0 Å². The van der Waals surface area contributed by atoms with Crippen LogP contribution in [0.1, 0.15) is 35.2 Å². The Labute approximate surface area is 133 Å². The number of aryl methyl sites for hydroxylation is 2. The van der Waals surface area contributed by atoms with Gasteiger partial charge in [-0.2, -0.15) is 0 Å². The fourth-order valence-corrected chi connectivity index (χ4v) is 3.17. The Morgan fingerprint density at radius 3 is 2.14 bits per heavy atom. The Morgan fingerprint density at radius 2 is 1.62 bits per heavy atom. The van der Waals surface area contributed by atoms with Crippen LogP contribution < -0.4 is 5.32 Å². The number of rotatable bonds is 6. The first-order chi connectivity index (χ1) is 10.2. The van der Waals surface area contributed by atoms with Gasteiger partial charge in [-0.25, -0.2) is 0 Å². The van der Waals surface area contributed by atoms with Gasteiger partial charge in [0.25, 0.3) is 0 Å². The van der Waals surface area contributed by atoms with Gasteiger partial charge < -0.3 is 5.32 Å². The fraction of sp³-hybridized carbons (Fsp3) is 0.368. The number of hydrogen-bond donors (Lipinski definition) is 1. The molecule has 2 heteroatoms. The molecule has 1 N–H and O–H groups in total. The van der Waals surface area contributed by atoms with E-state index in [1.807, 2.05) is 0 Å². The van der Waals surface area contributed by atoms with Gasteiger partial charge in [-0.05, 0) is 67.5 Å². The van der Waals surface area contributed by atoms with E-state index in [1.54, 1.807) is 11.8 Å². The number of benzene rings is 2. The van der Waals surface area contributed by atoms with Crippen LogP contribution in [0.15, 0.2) is 47.4 Å². The zero-order chi connectivity index (χ0) is 15.2. The molecule has 0 saturated carbocycles. The molecule has 2 aromatic rings. The maximum atomic E-state index is 3.63. The van der Waals surface area contributed by atoms with Gasteiger partial charge in [-0.1, -0.05) is 37.3 Å². The molecule has 2 aromatic carbocycles. The van der Waals surface area contributed by atoms with Crippen molar-refractivity contribution >= 4 is 11.8 Å². The van der Waals surface area contributed by atoms with E-state index >= 15 is 0 Å². The summed E-state index contributed by atoms with van der Waals surface area (Å²) in [5.41, 5.74) is 5.62. The topological polar surface area (TPSA) is 12.0 Å². The van der Waals surface area contributed by atoms with E-state index in [-0.39, 0.29) is 0 Å². The second-order valence-corrected chi connectivity index (χ2v) is 6.34. The Balaban J connectivity index is 2.26. The van der Waals surface area contributed by atoms with E-state index in [4.69, 9.17) is 0 Å². The van der Waals surface area contributed by atoms with Gasteiger partial charge in [0.05, 0.1) is 0 Å². The first-order valence-electron chi connectivity index (χ1n) is 7.58. The quantitative estimate of drug-likeness (QED) is 0.760. The van der Waals surface area contributed by atoms with Crippen molar-refractivity contribution in [2.75, 3.05) is 12.8 Å². The predicted molar refractivity (Wildman–Crippen MR) is 94.3 cm³/mol. The average molecular weight is 299 g/mol. The highest BCUT2D eigenvalue weighted by Crippen LogP contribution is 2.25. The molecular formula is C19H25NS. The van der Waals surface area contributed by atoms with E-state index in [9.17, 15) is 0 Å². The molecule has 0 aliphatic rings. The average Bonchev–Trinajstić information content (AvgIpc) is 2.50. The molecule has 0 heterocycles. The van der Waals surface area contributed by atoms with Crippen molar-refractivity contribution in [2.45, 2.75) is 38.1 Å². The maximum Gasteiger partial charge on any atom is 0.0360 e. The Morgan fingerprint density at radius 1 is 1.00 bits per heavy atom. The molecule has 2 rings (SSSR count). The molecular weight excluding hydrogens is 274 g/mol. The summed E-state index contributed by atoms with van der Waals surface area (Å²) in [4.78, 5) is 1.32. The van der Waals surface area contributed by atoms with Gasteiger partial charge in [-0.15, -0.1) is 11.8 Å². The molecule has 0 aliphatic heterocycles. The molecule has 0 aromatic heterocycles. The third-order valence-corrected chi connectivity index (χ3v) is 4.76. The molecule has 0 bridgehead atoms. The van der Waals surface area contributed by atoms with E-state index in [1.165, 1.54) is 27.1 Å². The summed E-state index contributed by atoms with van der Waals surface area (Å²) in [5, 5.41) is 3.63. The zero-order valence-corrected chi connectivity index (χ0v) is 14.3. The van der Waals surface area contributed by atoms with Crippen molar-refractivity contribution in [2.24, 2.45) is 0 Å². The molecule has 0 amide bonds. The van der Waals surface area contributed by atoms with Crippen LogP contribution in [-0.2, 0) is 6.42 Å². The van der Waals surface area contributed by atoms with Crippen LogP contribution in [0.5, 0.6) is 0 Å². The number of nitrogens with one attached hydrogen (secondary N) is 1. The molecule has 0 fully saturated rings. The molecule has 1 unspecified atom stereocenters. The standard InChI is InChI=1S/C19H25NS/c1-5-20-19(16-9-11-17(21-4)12-10-16)13-18-14(2)7-6-8-15(18)3/h6-12,19-20H,5,13H2,1-4H3. The highest BCUT2D eigenvalue weighted by Gasteiger charge is 2.13. The smallest absolute Gasteiger partial charge is 0.0360 e. The Bertz CT molecular complexity index is 554. The van der Waals surface area contributed by atoms with Crippen molar-refractivity contribution in [3.05, 3.63) is 64.7 Å². The molecule has 21 heavy (non-hydrogen) atoms. The van der Waals surface area contributed by atoms with E-state index in [0.717, 1.165) is 13.0 Å². The lowest BCUT2D eigenvalue weighted by molar-refractivity contribution is 0.547. The molecule has 0 saturated heterocycles. The molecule has 0 aliphatic carbocycles. The van der Waals surface area contributed by atoms with Crippen molar-refractivity contribution in [1.82, 2.24) is 5.32 Å². The van der Waals surface area contributed by atoms with Crippen molar-refractivity contribution in [3.8, 4) is 0 Å². The normalized spacial score (nSPS) is 12.4. The summed E-state index contributed by atoms with van der Waals surface area (Å²) in [6, 6.07) is 15.9. The largest absolute Gasteiger partial charge is 0.310 e. The summed E-state index contributed by atoms with van der Waals surface area (Å²) >= 11 is 1.79. The first-order valence-corrected chi connectivity index (χ1v) is 8.80. The zero-order valence-electron chi connectivity index (χ0n) is 13.4. The van der Waals surface area contributed by atoms with Crippen molar-refractivity contribution in [3.63, 3.8) is 0 Å². The lowest BCUT2D eigenvalue weighted by atomic mass is 9.93. The second kappa shape index (κ2) is 7.67. The van der Waals surface area contributed by atoms with Crippen molar-refractivity contribution < 1.29 is 0 Å². The summed E-state index contributed by atoms with van der Waals surface area (Å²) < 4.78 is 0. The monoisotopic (exact) mass is 299 g/mol. The van der Waals surface area contributed by atoms with Crippen LogP contribution in [0.3, 0.4) is 0 Å². The number of thioether (sulfide) groups is 1. The van der Waals surface area contributed by atoms with Crippen LogP contribution in [0.2, 0.25) is 0 Å². The minimum atomic E-state index is 0.380. The predicted octanol–water partition coefficient (Wildman–Crippen LogP) is 4.92. The van der Waals surface area contributed by atoms with Gasteiger partial charge in [0.2, 0.25) is 0 Å². The fourth-order valence-electron chi connectivity index (χ4n) is 2.77. The molecule has 1 atom stereocenters. The lowest BCUT2D eigenvalue weighted by Crippen LogP contribution is -2.23.